The molecule has 2 N–H and O–H groups in total. The van der Waals surface area contributed by atoms with Gasteiger partial charge in [0, 0.05) is 39.6 Å². The van der Waals surface area contributed by atoms with Gasteiger partial charge in [-0.3, -0.25) is 9.20 Å². The van der Waals surface area contributed by atoms with E-state index in [4.69, 9.17) is 9.47 Å². The number of benzene rings is 1. The third-order valence-electron chi connectivity index (χ3n) is 3.30. The van der Waals surface area contributed by atoms with Crippen molar-refractivity contribution in [3.63, 3.8) is 0 Å². The topological polar surface area (TPSA) is 72.0 Å². The lowest BCUT2D eigenvalue weighted by Crippen LogP contribution is -2.32. The Balaban J connectivity index is 0.00000625. The van der Waals surface area contributed by atoms with Crippen molar-refractivity contribution in [1.82, 2.24) is 5.32 Å². The molecule has 0 radical (unpaired) electrons. The molecule has 0 spiro atoms. The average molecular weight is 497 g/mol. The molecule has 0 aliphatic carbocycles. The summed E-state index contributed by atoms with van der Waals surface area (Å²) in [7, 11) is 0.703. The summed E-state index contributed by atoms with van der Waals surface area (Å²) in [5.41, 5.74) is 0.848. The maximum atomic E-state index is 12.1. The number of methoxy groups -OCH3 is 1. The molecule has 0 saturated carbocycles. The quantitative estimate of drug-likeness (QED) is 0.326. The molecule has 0 aliphatic heterocycles. The van der Waals surface area contributed by atoms with Crippen molar-refractivity contribution >= 4 is 46.4 Å². The highest BCUT2D eigenvalue weighted by Gasteiger charge is 2.18. The van der Waals surface area contributed by atoms with Crippen LogP contribution in [-0.2, 0) is 10.8 Å². The van der Waals surface area contributed by atoms with E-state index >= 15 is 0 Å². The minimum Gasteiger partial charge on any atom is -0.493 e. The van der Waals surface area contributed by atoms with E-state index in [0.717, 1.165) is 12.2 Å². The number of halogens is 1. The summed E-state index contributed by atoms with van der Waals surface area (Å²) in [6.07, 6.45) is 0. The second kappa shape index (κ2) is 12.4. The van der Waals surface area contributed by atoms with E-state index < -0.39 is 10.8 Å². The molecule has 8 heteroatoms. The van der Waals surface area contributed by atoms with E-state index in [-0.39, 0.29) is 28.7 Å². The second-order valence-corrected chi connectivity index (χ2v) is 8.67. The lowest BCUT2D eigenvalue weighted by molar-refractivity contribution is 0.311. The highest BCUT2D eigenvalue weighted by atomic mass is 127. The minimum atomic E-state index is -0.914. The molecule has 150 valence electrons. The van der Waals surface area contributed by atoms with Crippen LogP contribution in [0.2, 0.25) is 0 Å². The summed E-state index contributed by atoms with van der Waals surface area (Å²) in [5.74, 6) is 2.56. The smallest absolute Gasteiger partial charge is 0.195 e. The Morgan fingerprint density at radius 2 is 1.92 bits per heavy atom. The van der Waals surface area contributed by atoms with E-state index in [0.29, 0.717) is 36.4 Å². The summed E-state index contributed by atoms with van der Waals surface area (Å²) in [5, 5.41) is 6.44. The fourth-order valence-corrected chi connectivity index (χ4v) is 2.88. The highest BCUT2D eigenvalue weighted by molar-refractivity contribution is 14.0. The standard InChI is InChI=1S/C18H31N3O3S.HI/c1-7-19-17(20-11-12-25(22)18(3,4)5)21-14-9-10-15(23-6)16(13-14)24-8-2;/h9-10,13H,7-8,11-12H2,1-6H3,(H2,19,20,21);1H. The molecular formula is C18H32IN3O3S. The predicted molar refractivity (Wildman–Crippen MR) is 122 cm³/mol. The molecule has 0 aliphatic rings. The van der Waals surface area contributed by atoms with Crippen LogP contribution in [0.25, 0.3) is 0 Å². The Labute approximate surface area is 177 Å². The van der Waals surface area contributed by atoms with E-state index in [1.807, 2.05) is 52.8 Å². The maximum absolute atomic E-state index is 12.1. The number of guanidine groups is 1. The Hall–Kier alpha value is -1.03. The van der Waals surface area contributed by atoms with Crippen LogP contribution in [-0.4, -0.2) is 47.5 Å². The molecule has 1 atom stereocenters. The van der Waals surface area contributed by atoms with Gasteiger partial charge in [0.05, 0.1) is 20.3 Å². The average Bonchev–Trinajstić information content (AvgIpc) is 2.54. The van der Waals surface area contributed by atoms with Crippen LogP contribution in [0, 0.1) is 0 Å². The van der Waals surface area contributed by atoms with Crippen LogP contribution in [0.15, 0.2) is 23.2 Å². The van der Waals surface area contributed by atoms with Gasteiger partial charge in [-0.25, -0.2) is 0 Å². The van der Waals surface area contributed by atoms with Crippen molar-refractivity contribution < 1.29 is 13.7 Å². The largest absolute Gasteiger partial charge is 0.493 e. The van der Waals surface area contributed by atoms with E-state index in [2.05, 4.69) is 15.6 Å². The van der Waals surface area contributed by atoms with Crippen molar-refractivity contribution in [2.45, 2.75) is 39.4 Å². The zero-order valence-electron chi connectivity index (χ0n) is 16.5. The third kappa shape index (κ3) is 8.57. The van der Waals surface area contributed by atoms with Crippen molar-refractivity contribution in [2.24, 2.45) is 4.99 Å². The van der Waals surface area contributed by atoms with Gasteiger partial charge < -0.3 is 20.1 Å². The number of aliphatic imine (C=N–C) groups is 1. The molecule has 0 saturated heterocycles. The molecule has 0 heterocycles. The predicted octanol–water partition coefficient (Wildman–Crippen LogP) is 3.64. The first-order valence-electron chi connectivity index (χ1n) is 8.56. The van der Waals surface area contributed by atoms with Crippen LogP contribution < -0.4 is 20.1 Å². The Morgan fingerprint density at radius 3 is 2.46 bits per heavy atom. The molecule has 0 amide bonds. The van der Waals surface area contributed by atoms with Crippen LogP contribution in [0.1, 0.15) is 34.6 Å². The van der Waals surface area contributed by atoms with Gasteiger partial charge in [0.2, 0.25) is 0 Å². The van der Waals surface area contributed by atoms with Crippen molar-refractivity contribution in [2.75, 3.05) is 37.9 Å². The number of ether oxygens (including phenoxy) is 2. The number of hydrogen-bond acceptors (Lipinski definition) is 4. The molecule has 1 aromatic rings. The fourth-order valence-electron chi connectivity index (χ4n) is 2.01. The van der Waals surface area contributed by atoms with E-state index in [1.165, 1.54) is 0 Å². The van der Waals surface area contributed by atoms with Crippen molar-refractivity contribution in [3.8, 4) is 11.5 Å². The number of nitrogens with one attached hydrogen (secondary N) is 2. The summed E-state index contributed by atoms with van der Waals surface area (Å²) >= 11 is 0. The highest BCUT2D eigenvalue weighted by Crippen LogP contribution is 2.30. The number of hydrogen-bond donors (Lipinski definition) is 2. The molecule has 26 heavy (non-hydrogen) atoms. The summed E-state index contributed by atoms with van der Waals surface area (Å²) in [6.45, 7) is 11.7. The van der Waals surface area contributed by atoms with Gasteiger partial charge in [-0.1, -0.05) is 0 Å². The van der Waals surface area contributed by atoms with Gasteiger partial charge in [-0.2, -0.15) is 0 Å². The van der Waals surface area contributed by atoms with Gasteiger partial charge in [-0.05, 0) is 46.8 Å². The molecule has 1 aromatic carbocycles. The van der Waals surface area contributed by atoms with Crippen LogP contribution in [0.4, 0.5) is 5.69 Å². The van der Waals surface area contributed by atoms with Crippen LogP contribution >= 0.6 is 24.0 Å². The molecular weight excluding hydrogens is 465 g/mol. The van der Waals surface area contributed by atoms with Crippen molar-refractivity contribution in [3.05, 3.63) is 18.2 Å². The first-order valence-corrected chi connectivity index (χ1v) is 9.88. The number of nitrogens with zero attached hydrogens (tertiary/aromatic N) is 1. The Morgan fingerprint density at radius 1 is 1.23 bits per heavy atom. The zero-order valence-corrected chi connectivity index (χ0v) is 19.7. The fraction of sp³-hybridized carbons (Fsp3) is 0.611. The van der Waals surface area contributed by atoms with Gasteiger partial charge in [0.15, 0.2) is 17.5 Å². The van der Waals surface area contributed by atoms with Gasteiger partial charge in [0.25, 0.3) is 0 Å². The zero-order chi connectivity index (χ0) is 18.9. The minimum absolute atomic E-state index is 0. The second-order valence-electron chi connectivity index (χ2n) is 6.35. The lowest BCUT2D eigenvalue weighted by atomic mass is 10.2. The lowest BCUT2D eigenvalue weighted by Gasteiger charge is -2.17. The Bertz CT molecular complexity index is 604. The molecule has 1 rings (SSSR count). The maximum Gasteiger partial charge on any atom is 0.195 e. The Kier molecular flexibility index (Phi) is 11.9. The van der Waals surface area contributed by atoms with Crippen LogP contribution in [0.3, 0.4) is 0 Å². The van der Waals surface area contributed by atoms with Gasteiger partial charge in [0.1, 0.15) is 0 Å². The molecule has 0 aromatic heterocycles. The number of rotatable bonds is 8. The molecule has 1 unspecified atom stereocenters. The SMILES string of the molecule is CCNC(=NCCS(=O)C(C)(C)C)Nc1ccc(OC)c(OCC)c1.I. The number of anilines is 1. The monoisotopic (exact) mass is 497 g/mol. The van der Waals surface area contributed by atoms with Crippen LogP contribution in [0.5, 0.6) is 11.5 Å². The molecule has 0 bridgehead atoms. The third-order valence-corrected chi connectivity index (χ3v) is 5.22. The van der Waals surface area contributed by atoms with E-state index in [1.54, 1.807) is 7.11 Å². The van der Waals surface area contributed by atoms with Gasteiger partial charge >= 0.3 is 0 Å². The van der Waals surface area contributed by atoms with Crippen molar-refractivity contribution in [1.29, 1.82) is 0 Å². The first-order chi connectivity index (χ1) is 11.8. The van der Waals surface area contributed by atoms with E-state index in [9.17, 15) is 4.21 Å². The summed E-state index contributed by atoms with van der Waals surface area (Å²) in [4.78, 5) is 4.51. The first kappa shape index (κ1) is 25.0. The molecule has 0 fully saturated rings. The molecule has 6 nitrogen and oxygen atoms in total. The summed E-state index contributed by atoms with van der Waals surface area (Å²) in [6, 6.07) is 5.63. The van der Waals surface area contributed by atoms with Gasteiger partial charge in [-0.15, -0.1) is 24.0 Å². The summed E-state index contributed by atoms with van der Waals surface area (Å²) < 4.78 is 22.8. The normalized spacial score (nSPS) is 12.8.